The van der Waals surface area contributed by atoms with Crippen molar-refractivity contribution in [3.63, 3.8) is 0 Å². The summed E-state index contributed by atoms with van der Waals surface area (Å²) >= 11 is 0. The molecule has 4 heterocycles. The van der Waals surface area contributed by atoms with Crippen molar-refractivity contribution in [2.24, 2.45) is 5.73 Å². The average molecular weight is 751 g/mol. The van der Waals surface area contributed by atoms with Crippen LogP contribution in [-0.4, -0.2) is 98.8 Å². The molecule has 0 unspecified atom stereocenters. The normalized spacial score (nSPS) is 14.7. The second-order valence-corrected chi connectivity index (χ2v) is 15.1. The van der Waals surface area contributed by atoms with Crippen LogP contribution in [0.3, 0.4) is 0 Å². The highest BCUT2D eigenvalue weighted by Crippen LogP contribution is 2.32. The summed E-state index contributed by atoms with van der Waals surface area (Å²) in [6.07, 6.45) is 4.53. The van der Waals surface area contributed by atoms with E-state index in [0.29, 0.717) is 61.0 Å². The SMILES string of the molecule is CC(C)(C)OC(=O)N1CC(N)C1.CCc1cc(Nc2nccn3c(-c4ccc(OC)c(F)c4F)cnc23)ccc1C(=O)NC1CN(C(=O)OC(C)(C)C)C1. The molecule has 2 fully saturated rings. The molecule has 0 radical (unpaired) electrons. The van der Waals surface area contributed by atoms with Gasteiger partial charge in [-0.15, -0.1) is 0 Å². The van der Waals surface area contributed by atoms with Gasteiger partial charge in [-0.3, -0.25) is 9.20 Å². The lowest BCUT2D eigenvalue weighted by molar-refractivity contribution is 0.00518. The summed E-state index contributed by atoms with van der Waals surface area (Å²) in [5.74, 6) is -2.13. The Bertz CT molecular complexity index is 2010. The Morgan fingerprint density at radius 1 is 0.907 bits per heavy atom. The number of methoxy groups -OCH3 is 1. The van der Waals surface area contributed by atoms with E-state index in [9.17, 15) is 23.2 Å². The Balaban J connectivity index is 0.000000398. The molecule has 0 aliphatic carbocycles. The van der Waals surface area contributed by atoms with Crippen LogP contribution in [0.25, 0.3) is 16.9 Å². The van der Waals surface area contributed by atoms with E-state index in [4.69, 9.17) is 19.9 Å². The zero-order valence-corrected chi connectivity index (χ0v) is 31.8. The summed E-state index contributed by atoms with van der Waals surface area (Å²) < 4.78 is 46.2. The highest BCUT2D eigenvalue weighted by Gasteiger charge is 2.35. The summed E-state index contributed by atoms with van der Waals surface area (Å²) in [6, 6.07) is 8.12. The van der Waals surface area contributed by atoms with E-state index in [1.54, 1.807) is 32.5 Å². The number of carbonyl (C=O) groups excluding carboxylic acids is 3. The van der Waals surface area contributed by atoms with Gasteiger partial charge >= 0.3 is 12.2 Å². The van der Waals surface area contributed by atoms with Gasteiger partial charge in [-0.1, -0.05) is 6.92 Å². The molecule has 2 aromatic carbocycles. The maximum absolute atomic E-state index is 14.8. The van der Waals surface area contributed by atoms with Crippen molar-refractivity contribution in [2.75, 3.05) is 38.6 Å². The van der Waals surface area contributed by atoms with Gasteiger partial charge < -0.3 is 40.4 Å². The molecule has 4 aromatic rings. The maximum Gasteiger partial charge on any atom is 0.410 e. The van der Waals surface area contributed by atoms with E-state index in [0.717, 1.165) is 5.56 Å². The lowest BCUT2D eigenvalue weighted by Gasteiger charge is -2.40. The number of nitrogens with two attached hydrogens (primary N) is 1. The van der Waals surface area contributed by atoms with Crippen LogP contribution < -0.4 is 21.1 Å². The molecule has 2 aromatic heterocycles. The minimum Gasteiger partial charge on any atom is -0.494 e. The molecule has 2 saturated heterocycles. The van der Waals surface area contributed by atoms with Gasteiger partial charge in [0.15, 0.2) is 23.0 Å². The van der Waals surface area contributed by atoms with E-state index < -0.39 is 28.9 Å². The van der Waals surface area contributed by atoms with Crippen molar-refractivity contribution in [1.82, 2.24) is 29.5 Å². The number of likely N-dealkylation sites (tertiary alicyclic amines) is 2. The van der Waals surface area contributed by atoms with Crippen LogP contribution >= 0.6 is 0 Å². The molecule has 54 heavy (non-hydrogen) atoms. The number of rotatable bonds is 7. The zero-order chi connectivity index (χ0) is 39.5. The minimum absolute atomic E-state index is 0.0299. The maximum atomic E-state index is 14.8. The topological polar surface area (TPSA) is 166 Å². The molecule has 0 atom stereocenters. The van der Waals surface area contributed by atoms with Crippen LogP contribution in [0.4, 0.5) is 29.9 Å². The number of aromatic nitrogens is 3. The van der Waals surface area contributed by atoms with Crippen LogP contribution in [0, 0.1) is 11.6 Å². The number of nitrogens with one attached hydrogen (secondary N) is 2. The number of hydrogen-bond donors (Lipinski definition) is 3. The minimum atomic E-state index is -1.08. The molecular formula is C38H48F2N8O6. The fourth-order valence-corrected chi connectivity index (χ4v) is 5.71. The van der Waals surface area contributed by atoms with E-state index in [1.165, 1.54) is 31.6 Å². The standard InChI is InChI=1S/C30H32F2N6O4.C8H16N2O2/c1-6-17-13-18(7-8-20(17)28(39)36-19-15-37(16-19)29(40)42-30(2,3)4)35-26-27-34-14-22(38(27)12-11-33-26)21-9-10-23(41-5)25(32)24(21)31;1-8(2,3)12-7(11)10-4-6(9)5-10/h7-14,19H,6,15-16H2,1-5H3,(H,33,35)(H,36,39);6H,4-5,9H2,1-3H3. The Morgan fingerprint density at radius 3 is 2.11 bits per heavy atom. The van der Waals surface area contributed by atoms with Gasteiger partial charge in [0.2, 0.25) is 5.82 Å². The van der Waals surface area contributed by atoms with Crippen LogP contribution in [-0.2, 0) is 15.9 Å². The predicted molar refractivity (Wildman–Crippen MR) is 199 cm³/mol. The van der Waals surface area contributed by atoms with Gasteiger partial charge in [-0.05, 0) is 83.9 Å². The summed E-state index contributed by atoms with van der Waals surface area (Å²) in [5.41, 5.74) is 7.34. The smallest absolute Gasteiger partial charge is 0.410 e. The Kier molecular flexibility index (Phi) is 11.6. The molecule has 16 heteroatoms. The van der Waals surface area contributed by atoms with Crippen molar-refractivity contribution in [3.05, 3.63) is 71.7 Å². The monoisotopic (exact) mass is 750 g/mol. The Labute approximate surface area is 313 Å². The number of carbonyl (C=O) groups is 3. The lowest BCUT2D eigenvalue weighted by Crippen LogP contribution is -2.61. The van der Waals surface area contributed by atoms with Gasteiger partial charge in [0.05, 0.1) is 25.0 Å². The molecular weight excluding hydrogens is 702 g/mol. The van der Waals surface area contributed by atoms with Gasteiger partial charge in [-0.2, -0.15) is 4.39 Å². The van der Waals surface area contributed by atoms with Gasteiger partial charge in [0, 0.05) is 61.4 Å². The third kappa shape index (κ3) is 9.34. The highest BCUT2D eigenvalue weighted by molar-refractivity contribution is 5.96. The Hall–Kier alpha value is -5.51. The number of imidazole rings is 1. The van der Waals surface area contributed by atoms with Crippen LogP contribution in [0.15, 0.2) is 48.9 Å². The first-order chi connectivity index (χ1) is 25.4. The van der Waals surface area contributed by atoms with E-state index in [1.807, 2.05) is 54.5 Å². The fourth-order valence-electron chi connectivity index (χ4n) is 5.71. The molecule has 2 aliphatic rings. The van der Waals surface area contributed by atoms with Gasteiger partial charge in [0.25, 0.3) is 5.91 Å². The quantitative estimate of drug-likeness (QED) is 0.207. The van der Waals surface area contributed by atoms with Crippen molar-refractivity contribution in [3.8, 4) is 17.0 Å². The highest BCUT2D eigenvalue weighted by atomic mass is 19.2. The number of amides is 3. The third-order valence-electron chi connectivity index (χ3n) is 8.39. The number of benzene rings is 2. The molecule has 3 amide bonds. The van der Waals surface area contributed by atoms with Crippen LogP contribution in [0.2, 0.25) is 0 Å². The molecule has 0 bridgehead atoms. The molecule has 14 nitrogen and oxygen atoms in total. The number of aryl methyl sites for hydroxylation is 1. The van der Waals surface area contributed by atoms with Crippen LogP contribution in [0.5, 0.6) is 5.75 Å². The van der Waals surface area contributed by atoms with Crippen molar-refractivity contribution >= 4 is 35.2 Å². The number of halogens is 2. The third-order valence-corrected chi connectivity index (χ3v) is 8.39. The predicted octanol–water partition coefficient (Wildman–Crippen LogP) is 5.90. The summed E-state index contributed by atoms with van der Waals surface area (Å²) in [5, 5.41) is 6.21. The number of ether oxygens (including phenoxy) is 3. The fraction of sp³-hybridized carbons (Fsp3) is 0.447. The first-order valence-electron chi connectivity index (χ1n) is 17.6. The Morgan fingerprint density at radius 2 is 1.54 bits per heavy atom. The van der Waals surface area contributed by atoms with E-state index in [-0.39, 0.29) is 35.4 Å². The number of nitrogens with zero attached hydrogens (tertiary/aromatic N) is 5. The first-order valence-corrected chi connectivity index (χ1v) is 17.6. The van der Waals surface area contributed by atoms with Crippen molar-refractivity contribution < 1.29 is 37.4 Å². The van der Waals surface area contributed by atoms with Crippen molar-refractivity contribution in [2.45, 2.75) is 78.2 Å². The molecule has 4 N–H and O–H groups in total. The number of hydrogen-bond acceptors (Lipinski definition) is 10. The average Bonchev–Trinajstić information content (AvgIpc) is 3.49. The molecule has 290 valence electrons. The largest absolute Gasteiger partial charge is 0.494 e. The molecule has 2 aliphatic heterocycles. The number of fused-ring (bicyclic) bond motifs is 1. The summed E-state index contributed by atoms with van der Waals surface area (Å²) in [7, 11) is 1.27. The summed E-state index contributed by atoms with van der Waals surface area (Å²) in [4.78, 5) is 48.4. The molecule has 0 saturated carbocycles. The zero-order valence-electron chi connectivity index (χ0n) is 31.8. The molecule has 0 spiro atoms. The second-order valence-electron chi connectivity index (χ2n) is 15.1. The van der Waals surface area contributed by atoms with Crippen LogP contribution in [0.1, 0.15) is 64.4 Å². The van der Waals surface area contributed by atoms with E-state index in [2.05, 4.69) is 20.6 Å². The van der Waals surface area contributed by atoms with Crippen molar-refractivity contribution in [1.29, 1.82) is 0 Å². The first kappa shape index (κ1) is 39.7. The molecule has 6 rings (SSSR count). The van der Waals surface area contributed by atoms with Gasteiger partial charge in [-0.25, -0.2) is 23.9 Å². The number of anilines is 2. The van der Waals surface area contributed by atoms with Gasteiger partial charge in [0.1, 0.15) is 11.2 Å². The second kappa shape index (κ2) is 15.8. The lowest BCUT2D eigenvalue weighted by atomic mass is 10.0. The van der Waals surface area contributed by atoms with E-state index >= 15 is 0 Å². The summed E-state index contributed by atoms with van der Waals surface area (Å²) in [6.45, 7) is 14.9.